The lowest BCUT2D eigenvalue weighted by Gasteiger charge is -2.16. The summed E-state index contributed by atoms with van der Waals surface area (Å²) in [6, 6.07) is 5.21. The van der Waals surface area contributed by atoms with Gasteiger partial charge in [0.1, 0.15) is 0 Å². The Morgan fingerprint density at radius 3 is 2.60 bits per heavy atom. The number of thiophene rings is 1. The average Bonchev–Trinajstić information content (AvgIpc) is 2.67. The molecule has 2 heteroatoms. The zero-order valence-corrected chi connectivity index (χ0v) is 10.3. The molecule has 0 aromatic carbocycles. The summed E-state index contributed by atoms with van der Waals surface area (Å²) >= 11 is 1.96. The monoisotopic (exact) mass is 221 g/mol. The molecule has 2 aliphatic carbocycles. The van der Waals surface area contributed by atoms with E-state index in [1.165, 1.54) is 24.1 Å². The van der Waals surface area contributed by atoms with Gasteiger partial charge in [0.25, 0.3) is 0 Å². The standard InChI is InChI=1S/C13H19NS/c1-8-6-7-11(15-8)13(14-2)12-9-4-3-5-10(9)12/h6-7,9-10,12-14H,3-5H2,1-2H3. The lowest BCUT2D eigenvalue weighted by atomic mass is 10.0. The second-order valence-electron chi connectivity index (χ2n) is 5.05. The Morgan fingerprint density at radius 1 is 1.33 bits per heavy atom. The van der Waals surface area contributed by atoms with Gasteiger partial charge in [0, 0.05) is 15.8 Å². The topological polar surface area (TPSA) is 12.0 Å². The van der Waals surface area contributed by atoms with Crippen molar-refractivity contribution in [3.8, 4) is 0 Å². The molecule has 3 rings (SSSR count). The van der Waals surface area contributed by atoms with Crippen LogP contribution in [-0.2, 0) is 0 Å². The molecule has 0 spiro atoms. The van der Waals surface area contributed by atoms with Gasteiger partial charge in [-0.1, -0.05) is 6.42 Å². The van der Waals surface area contributed by atoms with E-state index in [1.807, 2.05) is 11.3 Å². The molecule has 3 atom stereocenters. The van der Waals surface area contributed by atoms with Crippen LogP contribution in [0, 0.1) is 24.7 Å². The molecule has 1 aromatic rings. The lowest BCUT2D eigenvalue weighted by Crippen LogP contribution is -2.19. The first-order chi connectivity index (χ1) is 7.31. The molecule has 82 valence electrons. The normalized spacial score (nSPS) is 35.2. The Kier molecular flexibility index (Phi) is 2.37. The van der Waals surface area contributed by atoms with E-state index in [2.05, 4.69) is 31.4 Å². The van der Waals surface area contributed by atoms with E-state index in [4.69, 9.17) is 0 Å². The van der Waals surface area contributed by atoms with Gasteiger partial charge in [0.2, 0.25) is 0 Å². The summed E-state index contributed by atoms with van der Waals surface area (Å²) in [4.78, 5) is 2.99. The second kappa shape index (κ2) is 3.60. The molecular weight excluding hydrogens is 202 g/mol. The summed E-state index contributed by atoms with van der Waals surface area (Å²) < 4.78 is 0. The maximum atomic E-state index is 3.53. The van der Waals surface area contributed by atoms with Gasteiger partial charge < -0.3 is 5.32 Å². The molecule has 0 aliphatic heterocycles. The first-order valence-corrected chi connectivity index (χ1v) is 6.86. The molecule has 2 fully saturated rings. The van der Waals surface area contributed by atoms with Crippen molar-refractivity contribution >= 4 is 11.3 Å². The number of hydrogen-bond acceptors (Lipinski definition) is 2. The van der Waals surface area contributed by atoms with Crippen molar-refractivity contribution < 1.29 is 0 Å². The molecule has 0 saturated heterocycles. The van der Waals surface area contributed by atoms with Crippen molar-refractivity contribution in [1.29, 1.82) is 0 Å². The first-order valence-electron chi connectivity index (χ1n) is 6.05. The number of rotatable bonds is 3. The van der Waals surface area contributed by atoms with Crippen LogP contribution in [0.5, 0.6) is 0 Å². The maximum absolute atomic E-state index is 3.53. The van der Waals surface area contributed by atoms with E-state index in [0.717, 1.165) is 17.8 Å². The zero-order chi connectivity index (χ0) is 10.4. The van der Waals surface area contributed by atoms with Gasteiger partial charge in [-0.15, -0.1) is 11.3 Å². The molecule has 1 aromatic heterocycles. The molecule has 2 saturated carbocycles. The Labute approximate surface area is 95.9 Å². The third kappa shape index (κ3) is 1.55. The molecule has 1 N–H and O–H groups in total. The van der Waals surface area contributed by atoms with E-state index in [1.54, 1.807) is 4.88 Å². The highest BCUT2D eigenvalue weighted by Crippen LogP contribution is 2.62. The fraction of sp³-hybridized carbons (Fsp3) is 0.692. The predicted octanol–water partition coefficient (Wildman–Crippen LogP) is 3.36. The molecule has 0 radical (unpaired) electrons. The fourth-order valence-corrected chi connectivity index (χ4v) is 4.56. The van der Waals surface area contributed by atoms with Crippen LogP contribution < -0.4 is 5.32 Å². The molecular formula is C13H19NS. The van der Waals surface area contributed by atoms with Crippen LogP contribution in [0.4, 0.5) is 0 Å². The molecule has 0 bridgehead atoms. The smallest absolute Gasteiger partial charge is 0.0446 e. The van der Waals surface area contributed by atoms with Gasteiger partial charge >= 0.3 is 0 Å². The summed E-state index contributed by atoms with van der Waals surface area (Å²) in [5.41, 5.74) is 0. The highest BCUT2D eigenvalue weighted by Gasteiger charge is 2.55. The van der Waals surface area contributed by atoms with Gasteiger partial charge in [0.15, 0.2) is 0 Å². The summed E-state index contributed by atoms with van der Waals surface area (Å²) in [5.74, 6) is 3.04. The van der Waals surface area contributed by atoms with Crippen molar-refractivity contribution in [2.24, 2.45) is 17.8 Å². The van der Waals surface area contributed by atoms with E-state index >= 15 is 0 Å². The van der Waals surface area contributed by atoms with E-state index in [-0.39, 0.29) is 0 Å². The van der Waals surface area contributed by atoms with Crippen LogP contribution in [-0.4, -0.2) is 7.05 Å². The van der Waals surface area contributed by atoms with Gasteiger partial charge in [-0.05, 0) is 56.7 Å². The Morgan fingerprint density at radius 2 is 2.07 bits per heavy atom. The number of aryl methyl sites for hydroxylation is 1. The van der Waals surface area contributed by atoms with Crippen LogP contribution in [0.15, 0.2) is 12.1 Å². The third-order valence-corrected chi connectivity index (χ3v) is 5.32. The Hall–Kier alpha value is -0.340. The minimum atomic E-state index is 0.638. The van der Waals surface area contributed by atoms with Gasteiger partial charge in [-0.25, -0.2) is 0 Å². The summed E-state index contributed by atoms with van der Waals surface area (Å²) in [6.45, 7) is 2.20. The number of hydrogen-bond donors (Lipinski definition) is 1. The van der Waals surface area contributed by atoms with Crippen molar-refractivity contribution in [2.75, 3.05) is 7.05 Å². The average molecular weight is 221 g/mol. The van der Waals surface area contributed by atoms with Crippen molar-refractivity contribution in [2.45, 2.75) is 32.2 Å². The number of nitrogens with one attached hydrogen (secondary N) is 1. The van der Waals surface area contributed by atoms with Crippen LogP contribution >= 0.6 is 11.3 Å². The van der Waals surface area contributed by atoms with Crippen LogP contribution in [0.2, 0.25) is 0 Å². The molecule has 15 heavy (non-hydrogen) atoms. The second-order valence-corrected chi connectivity index (χ2v) is 6.37. The van der Waals surface area contributed by atoms with Gasteiger partial charge in [-0.3, -0.25) is 0 Å². The number of fused-ring (bicyclic) bond motifs is 1. The highest BCUT2D eigenvalue weighted by atomic mass is 32.1. The molecule has 2 aliphatic rings. The summed E-state index contributed by atoms with van der Waals surface area (Å²) in [5, 5.41) is 3.53. The summed E-state index contributed by atoms with van der Waals surface area (Å²) in [7, 11) is 2.12. The Balaban J connectivity index is 1.78. The Bertz CT molecular complexity index is 347. The molecule has 1 heterocycles. The van der Waals surface area contributed by atoms with E-state index in [9.17, 15) is 0 Å². The zero-order valence-electron chi connectivity index (χ0n) is 9.49. The van der Waals surface area contributed by atoms with Gasteiger partial charge in [0.05, 0.1) is 0 Å². The van der Waals surface area contributed by atoms with Crippen LogP contribution in [0.1, 0.15) is 35.1 Å². The molecule has 1 nitrogen and oxygen atoms in total. The molecule has 3 unspecified atom stereocenters. The predicted molar refractivity (Wildman–Crippen MR) is 65.2 cm³/mol. The summed E-state index contributed by atoms with van der Waals surface area (Å²) in [6.07, 6.45) is 4.45. The highest BCUT2D eigenvalue weighted by molar-refractivity contribution is 7.12. The van der Waals surface area contributed by atoms with Crippen LogP contribution in [0.3, 0.4) is 0 Å². The van der Waals surface area contributed by atoms with Crippen molar-refractivity contribution in [1.82, 2.24) is 5.32 Å². The maximum Gasteiger partial charge on any atom is 0.0446 e. The van der Waals surface area contributed by atoms with Crippen molar-refractivity contribution in [3.05, 3.63) is 21.9 Å². The van der Waals surface area contributed by atoms with E-state index in [0.29, 0.717) is 6.04 Å². The minimum Gasteiger partial charge on any atom is -0.312 e. The molecule has 0 amide bonds. The van der Waals surface area contributed by atoms with Crippen LogP contribution in [0.25, 0.3) is 0 Å². The fourth-order valence-electron chi connectivity index (χ4n) is 3.52. The minimum absolute atomic E-state index is 0.638. The van der Waals surface area contributed by atoms with Crippen molar-refractivity contribution in [3.63, 3.8) is 0 Å². The van der Waals surface area contributed by atoms with E-state index < -0.39 is 0 Å². The largest absolute Gasteiger partial charge is 0.312 e. The first kappa shape index (κ1) is 9.86. The quantitative estimate of drug-likeness (QED) is 0.825. The van der Waals surface area contributed by atoms with Gasteiger partial charge in [-0.2, -0.15) is 0 Å². The third-order valence-electron chi connectivity index (χ3n) is 4.24. The SMILES string of the molecule is CNC(c1ccc(C)s1)C1C2CCCC21. The lowest BCUT2D eigenvalue weighted by molar-refractivity contribution is 0.450.